The molecule has 2 N–H and O–H groups in total. The number of hydrogen-bond acceptors (Lipinski definition) is 3. The molecule has 0 aliphatic carbocycles. The highest BCUT2D eigenvalue weighted by atomic mass is 16.5. The van der Waals surface area contributed by atoms with Gasteiger partial charge in [0.05, 0.1) is 11.1 Å². The number of benzene rings is 2. The monoisotopic (exact) mass is 286 g/mol. The van der Waals surface area contributed by atoms with Gasteiger partial charge < -0.3 is 14.9 Å². The Kier molecular flexibility index (Phi) is 4.23. The molecule has 0 fully saturated rings. The summed E-state index contributed by atoms with van der Waals surface area (Å²) < 4.78 is 5.50. The van der Waals surface area contributed by atoms with Crippen LogP contribution in [0.25, 0.3) is 0 Å². The Hall–Kier alpha value is -2.82. The van der Waals surface area contributed by atoms with Crippen LogP contribution >= 0.6 is 0 Å². The molecule has 0 heterocycles. The molecule has 0 saturated carbocycles. The Morgan fingerprint density at radius 3 is 2.00 bits per heavy atom. The third kappa shape index (κ3) is 3.39. The lowest BCUT2D eigenvalue weighted by molar-refractivity contribution is 0.0695. The predicted octanol–water partition coefficient (Wildman–Crippen LogP) is 2.97. The Morgan fingerprint density at radius 1 is 1.00 bits per heavy atom. The standard InChI is InChI=1S/C16H14O5/c1-10-13(15(17)18)7-12(8-14(10)16(19)20)21-9-11-5-3-2-4-6-11/h2-8H,9H2,1H3,(H,17,18)(H,19,20). The summed E-state index contributed by atoms with van der Waals surface area (Å²) in [4.78, 5) is 22.3. The molecule has 0 bridgehead atoms. The largest absolute Gasteiger partial charge is 0.489 e. The van der Waals surface area contributed by atoms with Gasteiger partial charge in [-0.2, -0.15) is 0 Å². The fourth-order valence-electron chi connectivity index (χ4n) is 1.96. The van der Waals surface area contributed by atoms with Crippen molar-refractivity contribution < 1.29 is 24.5 Å². The van der Waals surface area contributed by atoms with E-state index in [1.54, 1.807) is 0 Å². The first-order chi connectivity index (χ1) is 9.99. The van der Waals surface area contributed by atoms with Crippen LogP contribution in [-0.4, -0.2) is 22.2 Å². The van der Waals surface area contributed by atoms with Crippen molar-refractivity contribution in [2.24, 2.45) is 0 Å². The maximum atomic E-state index is 11.2. The van der Waals surface area contributed by atoms with Gasteiger partial charge in [0, 0.05) is 0 Å². The Balaban J connectivity index is 2.31. The molecule has 0 aliphatic heterocycles. The second-order valence-corrected chi connectivity index (χ2v) is 4.53. The van der Waals surface area contributed by atoms with Crippen LogP contribution in [0, 0.1) is 6.92 Å². The molecule has 5 heteroatoms. The Morgan fingerprint density at radius 2 is 1.52 bits per heavy atom. The number of hydrogen-bond donors (Lipinski definition) is 2. The average Bonchev–Trinajstić information content (AvgIpc) is 2.46. The van der Waals surface area contributed by atoms with Crippen LogP contribution < -0.4 is 4.74 Å². The van der Waals surface area contributed by atoms with E-state index in [4.69, 9.17) is 14.9 Å². The second-order valence-electron chi connectivity index (χ2n) is 4.53. The summed E-state index contributed by atoms with van der Waals surface area (Å²) in [6.45, 7) is 1.70. The zero-order valence-electron chi connectivity index (χ0n) is 11.4. The minimum Gasteiger partial charge on any atom is -0.489 e. The second kappa shape index (κ2) is 6.09. The van der Waals surface area contributed by atoms with Gasteiger partial charge in [0.25, 0.3) is 0 Å². The molecule has 21 heavy (non-hydrogen) atoms. The summed E-state index contributed by atoms with van der Waals surface area (Å²) in [5, 5.41) is 18.3. The third-order valence-electron chi connectivity index (χ3n) is 3.09. The van der Waals surface area contributed by atoms with Gasteiger partial charge in [-0.1, -0.05) is 30.3 Å². The summed E-state index contributed by atoms with van der Waals surface area (Å²) in [5.74, 6) is -2.14. The average molecular weight is 286 g/mol. The van der Waals surface area contributed by atoms with Gasteiger partial charge >= 0.3 is 11.9 Å². The smallest absolute Gasteiger partial charge is 0.336 e. The fraction of sp³-hybridized carbons (Fsp3) is 0.125. The van der Waals surface area contributed by atoms with Crippen LogP contribution in [-0.2, 0) is 6.61 Å². The van der Waals surface area contributed by atoms with Gasteiger partial charge in [-0.25, -0.2) is 9.59 Å². The Bertz CT molecular complexity index is 641. The molecule has 0 saturated heterocycles. The van der Waals surface area contributed by atoms with Crippen molar-refractivity contribution in [3.8, 4) is 5.75 Å². The van der Waals surface area contributed by atoms with Crippen LogP contribution in [0.5, 0.6) is 5.75 Å². The number of carboxylic acid groups (broad SMARTS) is 2. The molecule has 0 radical (unpaired) electrons. The maximum absolute atomic E-state index is 11.2. The molecule has 0 aliphatic rings. The van der Waals surface area contributed by atoms with E-state index in [0.717, 1.165) is 5.56 Å². The number of aromatic carboxylic acids is 2. The van der Waals surface area contributed by atoms with Crippen LogP contribution in [0.1, 0.15) is 31.8 Å². The lowest BCUT2D eigenvalue weighted by Crippen LogP contribution is -2.08. The van der Waals surface area contributed by atoms with Crippen molar-refractivity contribution >= 4 is 11.9 Å². The molecule has 2 aromatic carbocycles. The topological polar surface area (TPSA) is 83.8 Å². The van der Waals surface area contributed by atoms with E-state index >= 15 is 0 Å². The first-order valence-corrected chi connectivity index (χ1v) is 6.27. The SMILES string of the molecule is Cc1c(C(=O)O)cc(OCc2ccccc2)cc1C(=O)O. The van der Waals surface area contributed by atoms with E-state index < -0.39 is 11.9 Å². The molecule has 2 rings (SSSR count). The summed E-state index contributed by atoms with van der Waals surface area (Å²) in [7, 11) is 0. The fourth-order valence-corrected chi connectivity index (χ4v) is 1.96. The summed E-state index contributed by atoms with van der Waals surface area (Å²) >= 11 is 0. The highest BCUT2D eigenvalue weighted by molar-refractivity contribution is 5.97. The zero-order valence-corrected chi connectivity index (χ0v) is 11.4. The number of ether oxygens (including phenoxy) is 1. The molecule has 0 spiro atoms. The lowest BCUT2D eigenvalue weighted by atomic mass is 10.0. The minimum atomic E-state index is -1.18. The third-order valence-corrected chi connectivity index (χ3v) is 3.09. The molecule has 0 amide bonds. The van der Waals surface area contributed by atoms with Gasteiger partial charge in [-0.05, 0) is 30.2 Å². The highest BCUT2D eigenvalue weighted by Gasteiger charge is 2.17. The predicted molar refractivity (Wildman–Crippen MR) is 75.9 cm³/mol. The van der Waals surface area contributed by atoms with E-state index in [1.807, 2.05) is 30.3 Å². The van der Waals surface area contributed by atoms with E-state index in [9.17, 15) is 9.59 Å². The van der Waals surface area contributed by atoms with E-state index in [1.165, 1.54) is 19.1 Å². The van der Waals surface area contributed by atoms with Crippen LogP contribution in [0.2, 0.25) is 0 Å². The summed E-state index contributed by atoms with van der Waals surface area (Å²) in [6.07, 6.45) is 0. The molecule has 0 aromatic heterocycles. The van der Waals surface area contributed by atoms with Crippen molar-refractivity contribution in [1.82, 2.24) is 0 Å². The lowest BCUT2D eigenvalue weighted by Gasteiger charge is -2.11. The van der Waals surface area contributed by atoms with E-state index in [2.05, 4.69) is 0 Å². The van der Waals surface area contributed by atoms with Crippen molar-refractivity contribution in [2.75, 3.05) is 0 Å². The number of carboxylic acids is 2. The summed E-state index contributed by atoms with van der Waals surface area (Å²) in [5.41, 5.74) is 0.977. The number of carbonyl (C=O) groups is 2. The van der Waals surface area contributed by atoms with Gasteiger partial charge in [-0.3, -0.25) is 0 Å². The molecule has 0 atom stereocenters. The van der Waals surface area contributed by atoms with Crippen molar-refractivity contribution in [3.05, 3.63) is 64.7 Å². The molecule has 2 aromatic rings. The van der Waals surface area contributed by atoms with Gasteiger partial charge in [0.15, 0.2) is 0 Å². The maximum Gasteiger partial charge on any atom is 0.336 e. The van der Waals surface area contributed by atoms with Crippen molar-refractivity contribution in [1.29, 1.82) is 0 Å². The van der Waals surface area contributed by atoms with Crippen LogP contribution in [0.4, 0.5) is 0 Å². The van der Waals surface area contributed by atoms with Gasteiger partial charge in [-0.15, -0.1) is 0 Å². The number of rotatable bonds is 5. The Labute approximate surface area is 121 Å². The molecular formula is C16H14O5. The zero-order chi connectivity index (χ0) is 15.4. The van der Waals surface area contributed by atoms with Crippen LogP contribution in [0.15, 0.2) is 42.5 Å². The first-order valence-electron chi connectivity index (χ1n) is 6.27. The normalized spacial score (nSPS) is 10.1. The first kappa shape index (κ1) is 14.6. The van der Waals surface area contributed by atoms with E-state index in [-0.39, 0.29) is 29.0 Å². The quantitative estimate of drug-likeness (QED) is 0.882. The molecular weight excluding hydrogens is 272 g/mol. The van der Waals surface area contributed by atoms with Gasteiger partial charge in [0.1, 0.15) is 12.4 Å². The minimum absolute atomic E-state index is 0.0713. The molecule has 0 unspecified atom stereocenters. The van der Waals surface area contributed by atoms with Crippen LogP contribution in [0.3, 0.4) is 0 Å². The van der Waals surface area contributed by atoms with Gasteiger partial charge in [0.2, 0.25) is 0 Å². The van der Waals surface area contributed by atoms with E-state index in [0.29, 0.717) is 0 Å². The molecule has 108 valence electrons. The highest BCUT2D eigenvalue weighted by Crippen LogP contribution is 2.23. The van der Waals surface area contributed by atoms with Crippen molar-refractivity contribution in [3.63, 3.8) is 0 Å². The van der Waals surface area contributed by atoms with Crippen molar-refractivity contribution in [2.45, 2.75) is 13.5 Å². The summed E-state index contributed by atoms with van der Waals surface area (Å²) in [6, 6.07) is 12.0. The molecule has 5 nitrogen and oxygen atoms in total.